The van der Waals surface area contributed by atoms with E-state index in [0.29, 0.717) is 47.3 Å². The summed E-state index contributed by atoms with van der Waals surface area (Å²) in [7, 11) is 1.47. The highest BCUT2D eigenvalue weighted by Crippen LogP contribution is 2.34. The lowest BCUT2D eigenvalue weighted by Crippen LogP contribution is -2.16. The Labute approximate surface area is 181 Å². The van der Waals surface area contributed by atoms with Gasteiger partial charge in [0.2, 0.25) is 0 Å². The number of benzene rings is 2. The Hall–Kier alpha value is -4.27. The fourth-order valence-corrected chi connectivity index (χ4v) is 3.35. The first kappa shape index (κ1) is 19.7. The van der Waals surface area contributed by atoms with Crippen LogP contribution < -0.4 is 19.8 Å². The number of rotatable bonds is 5. The highest BCUT2D eigenvalue weighted by atomic mass is 16.6. The van der Waals surface area contributed by atoms with Gasteiger partial charge in [0, 0.05) is 17.0 Å². The Morgan fingerprint density at radius 3 is 2.75 bits per heavy atom. The quantitative estimate of drug-likeness (QED) is 0.343. The molecule has 2 aromatic heterocycles. The first-order valence-electron chi connectivity index (χ1n) is 9.76. The highest BCUT2D eigenvalue weighted by molar-refractivity contribution is 5.94. The molecule has 2 aromatic carbocycles. The van der Waals surface area contributed by atoms with Crippen LogP contribution in [0.5, 0.6) is 17.2 Å². The van der Waals surface area contributed by atoms with E-state index < -0.39 is 11.6 Å². The molecule has 0 unspecified atom stereocenters. The van der Waals surface area contributed by atoms with Crippen molar-refractivity contribution in [1.29, 1.82) is 0 Å². The van der Waals surface area contributed by atoms with Crippen molar-refractivity contribution < 1.29 is 32.7 Å². The van der Waals surface area contributed by atoms with Crippen molar-refractivity contribution in [3.8, 4) is 28.6 Å². The minimum Gasteiger partial charge on any atom is -0.493 e. The number of esters is 1. The van der Waals surface area contributed by atoms with E-state index in [-0.39, 0.29) is 17.8 Å². The maximum atomic E-state index is 12.5. The SMILES string of the molecule is COc1cccc2cc(C(=O)OCc3cc(-c4ccc5c(c4)OCCO5)on3)c(=O)oc12. The van der Waals surface area contributed by atoms with Gasteiger partial charge in [-0.05, 0) is 30.3 Å². The molecule has 0 radical (unpaired) electrons. The van der Waals surface area contributed by atoms with Gasteiger partial charge in [0.25, 0.3) is 0 Å². The zero-order valence-corrected chi connectivity index (χ0v) is 17.0. The van der Waals surface area contributed by atoms with Crippen molar-refractivity contribution in [1.82, 2.24) is 5.16 Å². The lowest BCUT2D eigenvalue weighted by atomic mass is 10.1. The van der Waals surface area contributed by atoms with Crippen LogP contribution in [-0.4, -0.2) is 31.4 Å². The first-order chi connectivity index (χ1) is 15.6. The minimum atomic E-state index is -0.827. The van der Waals surface area contributed by atoms with E-state index >= 15 is 0 Å². The largest absolute Gasteiger partial charge is 0.493 e. The van der Waals surface area contributed by atoms with Crippen LogP contribution >= 0.6 is 0 Å². The highest BCUT2D eigenvalue weighted by Gasteiger charge is 2.19. The molecule has 32 heavy (non-hydrogen) atoms. The molecule has 0 amide bonds. The van der Waals surface area contributed by atoms with E-state index in [2.05, 4.69) is 5.16 Å². The number of hydrogen-bond acceptors (Lipinski definition) is 9. The molecule has 1 aliphatic heterocycles. The third-order valence-electron chi connectivity index (χ3n) is 4.90. The number of carbonyl (C=O) groups excluding carboxylic acids is 1. The van der Waals surface area contributed by atoms with Gasteiger partial charge in [0.05, 0.1) is 7.11 Å². The molecule has 0 saturated heterocycles. The van der Waals surface area contributed by atoms with Gasteiger partial charge in [0.15, 0.2) is 28.6 Å². The second kappa shape index (κ2) is 8.10. The number of hydrogen-bond donors (Lipinski definition) is 0. The second-order valence-corrected chi connectivity index (χ2v) is 6.94. The number of carbonyl (C=O) groups is 1. The summed E-state index contributed by atoms with van der Waals surface area (Å²) in [4.78, 5) is 24.8. The molecule has 4 aromatic rings. The van der Waals surface area contributed by atoms with Gasteiger partial charge < -0.3 is 27.9 Å². The van der Waals surface area contributed by atoms with Crippen molar-refractivity contribution in [3.63, 3.8) is 0 Å². The molecule has 0 bridgehead atoms. The normalized spacial score (nSPS) is 12.5. The average molecular weight is 435 g/mol. The zero-order chi connectivity index (χ0) is 22.1. The van der Waals surface area contributed by atoms with E-state index in [1.54, 1.807) is 36.4 Å². The van der Waals surface area contributed by atoms with Gasteiger partial charge in [-0.15, -0.1) is 0 Å². The molecule has 5 rings (SSSR count). The fourth-order valence-electron chi connectivity index (χ4n) is 3.35. The fraction of sp³-hybridized carbons (Fsp3) is 0.174. The Bertz CT molecular complexity index is 1370. The Kier molecular flexibility index (Phi) is 4.98. The molecule has 3 heterocycles. The Morgan fingerprint density at radius 1 is 1.06 bits per heavy atom. The summed E-state index contributed by atoms with van der Waals surface area (Å²) in [6.07, 6.45) is 0. The number of methoxy groups -OCH3 is 1. The van der Waals surface area contributed by atoms with Crippen LogP contribution in [0.3, 0.4) is 0 Å². The van der Waals surface area contributed by atoms with Crippen molar-refractivity contribution in [2.75, 3.05) is 20.3 Å². The summed E-state index contributed by atoms with van der Waals surface area (Å²) >= 11 is 0. The molecule has 0 fully saturated rings. The number of aromatic nitrogens is 1. The van der Waals surface area contributed by atoms with Crippen LogP contribution in [0.2, 0.25) is 0 Å². The predicted octanol–water partition coefficient (Wildman–Crippen LogP) is 3.58. The first-order valence-corrected chi connectivity index (χ1v) is 9.76. The van der Waals surface area contributed by atoms with Gasteiger partial charge in [-0.2, -0.15) is 0 Å². The van der Waals surface area contributed by atoms with Gasteiger partial charge in [0.1, 0.15) is 31.1 Å². The summed E-state index contributed by atoms with van der Waals surface area (Å²) in [5.74, 6) is 1.34. The van der Waals surface area contributed by atoms with E-state index in [9.17, 15) is 9.59 Å². The van der Waals surface area contributed by atoms with Crippen LogP contribution in [0, 0.1) is 0 Å². The zero-order valence-electron chi connectivity index (χ0n) is 17.0. The molecule has 9 heteroatoms. The van der Waals surface area contributed by atoms with Gasteiger partial charge >= 0.3 is 11.6 Å². The van der Waals surface area contributed by atoms with Crippen molar-refractivity contribution in [2.24, 2.45) is 0 Å². The molecular formula is C23H17NO8. The van der Waals surface area contributed by atoms with E-state index in [4.69, 9.17) is 27.9 Å². The topological polar surface area (TPSA) is 110 Å². The lowest BCUT2D eigenvalue weighted by molar-refractivity contribution is 0.0459. The molecule has 0 saturated carbocycles. The summed E-state index contributed by atoms with van der Waals surface area (Å²) < 4.78 is 32.1. The third kappa shape index (κ3) is 3.64. The lowest BCUT2D eigenvalue weighted by Gasteiger charge is -2.18. The van der Waals surface area contributed by atoms with Gasteiger partial charge in [-0.25, -0.2) is 9.59 Å². The molecule has 0 N–H and O–H groups in total. The molecule has 9 nitrogen and oxygen atoms in total. The summed E-state index contributed by atoms with van der Waals surface area (Å²) in [6.45, 7) is 0.805. The number of nitrogens with zero attached hydrogens (tertiary/aromatic N) is 1. The van der Waals surface area contributed by atoms with Crippen molar-refractivity contribution >= 4 is 16.9 Å². The van der Waals surface area contributed by atoms with E-state index in [0.717, 1.165) is 5.56 Å². The maximum absolute atomic E-state index is 12.5. The number of fused-ring (bicyclic) bond motifs is 2. The molecule has 0 aliphatic carbocycles. The predicted molar refractivity (Wildman–Crippen MR) is 111 cm³/mol. The summed E-state index contributed by atoms with van der Waals surface area (Å²) in [6, 6.07) is 13.5. The molecule has 0 atom stereocenters. The van der Waals surface area contributed by atoms with E-state index in [1.807, 2.05) is 6.07 Å². The number of para-hydroxylation sites is 1. The number of ether oxygens (including phenoxy) is 4. The standard InChI is InChI=1S/C23H17NO8/c1-27-18-4-2-3-14-9-16(23(26)31-21(14)18)22(25)30-12-15-11-19(32-24-15)13-5-6-17-20(10-13)29-8-7-28-17/h2-6,9-11H,7-8,12H2,1H3. The smallest absolute Gasteiger partial charge is 0.351 e. The van der Waals surface area contributed by atoms with Crippen LogP contribution in [0.1, 0.15) is 16.1 Å². The Morgan fingerprint density at radius 2 is 1.91 bits per heavy atom. The maximum Gasteiger partial charge on any atom is 0.351 e. The van der Waals surface area contributed by atoms with Crippen LogP contribution in [0.4, 0.5) is 0 Å². The van der Waals surface area contributed by atoms with Gasteiger partial charge in [-0.1, -0.05) is 17.3 Å². The molecule has 0 spiro atoms. The molecule has 162 valence electrons. The second-order valence-electron chi connectivity index (χ2n) is 6.94. The Balaban J connectivity index is 1.31. The molecule has 1 aliphatic rings. The molecular weight excluding hydrogens is 418 g/mol. The third-order valence-corrected chi connectivity index (χ3v) is 4.90. The van der Waals surface area contributed by atoms with Crippen LogP contribution in [0.15, 0.2) is 62.3 Å². The van der Waals surface area contributed by atoms with Crippen molar-refractivity contribution in [2.45, 2.75) is 6.61 Å². The minimum absolute atomic E-state index is 0.178. The monoisotopic (exact) mass is 435 g/mol. The van der Waals surface area contributed by atoms with Gasteiger partial charge in [-0.3, -0.25) is 0 Å². The van der Waals surface area contributed by atoms with Crippen LogP contribution in [-0.2, 0) is 11.3 Å². The van der Waals surface area contributed by atoms with Crippen molar-refractivity contribution in [3.05, 3.63) is 70.2 Å². The van der Waals surface area contributed by atoms with E-state index in [1.165, 1.54) is 13.2 Å². The summed E-state index contributed by atoms with van der Waals surface area (Å²) in [5.41, 5.74) is 0.348. The summed E-state index contributed by atoms with van der Waals surface area (Å²) in [5, 5.41) is 4.46. The van der Waals surface area contributed by atoms with Crippen LogP contribution in [0.25, 0.3) is 22.3 Å². The average Bonchev–Trinajstić information content (AvgIpc) is 3.30.